The molecule has 0 unspecified atom stereocenters. The molecule has 0 N–H and O–H groups in total. The van der Waals surface area contributed by atoms with Gasteiger partial charge in [-0.1, -0.05) is 12.1 Å². The molecule has 2 heterocycles. The van der Waals surface area contributed by atoms with Crippen molar-refractivity contribution in [1.29, 1.82) is 0 Å². The van der Waals surface area contributed by atoms with Crippen LogP contribution in [0.4, 0.5) is 21.5 Å². The summed E-state index contributed by atoms with van der Waals surface area (Å²) >= 11 is 0. The van der Waals surface area contributed by atoms with E-state index in [4.69, 9.17) is 14.6 Å². The zero-order valence-corrected chi connectivity index (χ0v) is 18.4. The number of rotatable bonds is 6. The summed E-state index contributed by atoms with van der Waals surface area (Å²) < 4.78 is 25.7. The van der Waals surface area contributed by atoms with E-state index < -0.39 is 44.5 Å². The van der Waals surface area contributed by atoms with Crippen molar-refractivity contribution >= 4 is 22.8 Å². The molecule has 1 fully saturated rings. The minimum Gasteiger partial charge on any atom is -0.350 e. The molecule has 2 aromatic rings. The van der Waals surface area contributed by atoms with E-state index in [1.807, 2.05) is 13.8 Å². The molecule has 4 rings (SSSR count). The molecule has 2 aromatic carbocycles. The highest BCUT2D eigenvalue weighted by Crippen LogP contribution is 2.49. The van der Waals surface area contributed by atoms with Crippen LogP contribution in [0.25, 0.3) is 0 Å². The maximum atomic E-state index is 13.5. The van der Waals surface area contributed by atoms with Crippen molar-refractivity contribution in [2.24, 2.45) is 5.10 Å². The summed E-state index contributed by atoms with van der Waals surface area (Å²) in [6.45, 7) is 5.94. The van der Waals surface area contributed by atoms with Gasteiger partial charge in [0.25, 0.3) is 5.69 Å². The van der Waals surface area contributed by atoms with Gasteiger partial charge in [-0.15, -0.1) is 0 Å². The average Bonchev–Trinajstić information content (AvgIpc) is 3.03. The topological polar surface area (TPSA) is 120 Å². The first kappa shape index (κ1) is 22.7. The first-order valence-corrected chi connectivity index (χ1v) is 10.4. The highest BCUT2D eigenvalue weighted by Gasteiger charge is 2.57. The van der Waals surface area contributed by atoms with Crippen LogP contribution >= 0.6 is 0 Å². The molecule has 0 amide bonds. The summed E-state index contributed by atoms with van der Waals surface area (Å²) in [6, 6.07) is 8.79. The van der Waals surface area contributed by atoms with Crippen LogP contribution < -0.4 is 5.01 Å². The molecule has 3 atom stereocenters. The molecule has 33 heavy (non-hydrogen) atoms. The number of nitro groups is 2. The maximum Gasteiger partial charge on any atom is 0.301 e. The third kappa shape index (κ3) is 4.16. The molecular formula is C22H23FN4O6. The molecule has 174 valence electrons. The second-order valence-corrected chi connectivity index (χ2v) is 8.46. The Hall–Kier alpha value is -3.44. The van der Waals surface area contributed by atoms with Crippen molar-refractivity contribution in [1.82, 2.24) is 0 Å². The predicted molar refractivity (Wildman–Crippen MR) is 118 cm³/mol. The Morgan fingerprint density at radius 2 is 1.88 bits per heavy atom. The largest absolute Gasteiger partial charge is 0.350 e. The summed E-state index contributed by atoms with van der Waals surface area (Å²) in [5.41, 5.74) is -0.396. The smallest absolute Gasteiger partial charge is 0.301 e. The lowest BCUT2D eigenvalue weighted by atomic mass is 9.85. The molecule has 1 saturated heterocycles. The Balaban J connectivity index is 1.87. The summed E-state index contributed by atoms with van der Waals surface area (Å²) in [5, 5.41) is 29.2. The van der Waals surface area contributed by atoms with Crippen LogP contribution in [-0.4, -0.2) is 39.6 Å². The zero-order chi connectivity index (χ0) is 24.0. The molecule has 2 aliphatic heterocycles. The van der Waals surface area contributed by atoms with Crippen LogP contribution in [0.3, 0.4) is 0 Å². The first-order chi connectivity index (χ1) is 15.5. The van der Waals surface area contributed by atoms with E-state index in [1.165, 1.54) is 29.3 Å². The van der Waals surface area contributed by atoms with Gasteiger partial charge >= 0.3 is 5.69 Å². The Morgan fingerprint density at radius 3 is 2.48 bits per heavy atom. The van der Waals surface area contributed by atoms with Crippen molar-refractivity contribution in [2.45, 2.75) is 51.0 Å². The van der Waals surface area contributed by atoms with E-state index in [2.05, 4.69) is 0 Å². The van der Waals surface area contributed by atoms with Crippen LogP contribution in [0.2, 0.25) is 0 Å². The van der Waals surface area contributed by atoms with Gasteiger partial charge in [-0.05, 0) is 44.5 Å². The summed E-state index contributed by atoms with van der Waals surface area (Å²) in [6.07, 6.45) is 0.731. The molecule has 0 radical (unpaired) electrons. The van der Waals surface area contributed by atoms with E-state index in [-0.39, 0.29) is 5.69 Å². The molecule has 0 aliphatic carbocycles. The van der Waals surface area contributed by atoms with Gasteiger partial charge in [-0.3, -0.25) is 25.2 Å². The Morgan fingerprint density at radius 1 is 1.18 bits per heavy atom. The number of non-ortho nitro benzene ring substituents is 1. The third-order valence-electron chi connectivity index (χ3n) is 6.00. The van der Waals surface area contributed by atoms with Gasteiger partial charge in [0.05, 0.1) is 33.3 Å². The first-order valence-electron chi connectivity index (χ1n) is 10.4. The molecule has 0 aromatic heterocycles. The van der Waals surface area contributed by atoms with Crippen LogP contribution in [-0.2, 0) is 9.47 Å². The van der Waals surface area contributed by atoms with Crippen LogP contribution in [0, 0.1) is 26.0 Å². The number of hydrazone groups is 1. The standard InChI is InChI=1S/C22H23FN4O6/c1-4-32-22(3)13-20-21(2,33-22)12-17(14-5-7-15(23)8-6-14)24-25(20)18-10-9-16(26(28)29)11-19(18)27(30)31/h5-11,20H,4,12-13H2,1-3H3/t20-,21-,22+/m1/s1. The lowest BCUT2D eigenvalue weighted by Gasteiger charge is -2.41. The lowest BCUT2D eigenvalue weighted by molar-refractivity contribution is -0.393. The minimum absolute atomic E-state index is 0.102. The Bertz CT molecular complexity index is 1140. The normalized spacial score (nSPS) is 26.6. The van der Waals surface area contributed by atoms with Gasteiger partial charge in [-0.2, -0.15) is 5.10 Å². The zero-order valence-electron chi connectivity index (χ0n) is 18.4. The van der Waals surface area contributed by atoms with E-state index in [1.54, 1.807) is 19.1 Å². The maximum absolute atomic E-state index is 13.5. The van der Waals surface area contributed by atoms with Crippen molar-refractivity contribution in [3.63, 3.8) is 0 Å². The Kier molecular flexibility index (Phi) is 5.62. The molecule has 2 aliphatic rings. The number of ether oxygens (including phenoxy) is 2. The summed E-state index contributed by atoms with van der Waals surface area (Å²) in [7, 11) is 0. The minimum atomic E-state index is -0.949. The molecule has 10 nitrogen and oxygen atoms in total. The predicted octanol–water partition coefficient (Wildman–Crippen LogP) is 4.56. The van der Waals surface area contributed by atoms with Crippen molar-refractivity contribution < 1.29 is 23.7 Å². The van der Waals surface area contributed by atoms with Crippen molar-refractivity contribution in [3.05, 3.63) is 74.1 Å². The van der Waals surface area contributed by atoms with Gasteiger partial charge in [0.2, 0.25) is 0 Å². The van der Waals surface area contributed by atoms with Crippen LogP contribution in [0.1, 0.15) is 39.2 Å². The van der Waals surface area contributed by atoms with Gasteiger partial charge in [0, 0.05) is 25.5 Å². The van der Waals surface area contributed by atoms with E-state index in [9.17, 15) is 24.6 Å². The number of benzene rings is 2. The highest BCUT2D eigenvalue weighted by molar-refractivity contribution is 6.02. The fraction of sp³-hybridized carbons (Fsp3) is 0.409. The monoisotopic (exact) mass is 458 g/mol. The number of anilines is 1. The van der Waals surface area contributed by atoms with Gasteiger partial charge in [-0.25, -0.2) is 4.39 Å². The number of halogens is 1. The number of hydrogen-bond acceptors (Lipinski definition) is 8. The molecule has 11 heteroatoms. The number of nitro benzene ring substituents is 2. The van der Waals surface area contributed by atoms with E-state index >= 15 is 0 Å². The molecule has 0 saturated carbocycles. The van der Waals surface area contributed by atoms with Crippen LogP contribution in [0.15, 0.2) is 47.6 Å². The van der Waals surface area contributed by atoms with Crippen molar-refractivity contribution in [3.8, 4) is 0 Å². The fourth-order valence-electron chi connectivity index (χ4n) is 4.62. The third-order valence-corrected chi connectivity index (χ3v) is 6.00. The second kappa shape index (κ2) is 8.16. The van der Waals surface area contributed by atoms with Gasteiger partial charge in [0.15, 0.2) is 5.79 Å². The number of nitrogens with zero attached hydrogens (tertiary/aromatic N) is 4. The Labute approximate surface area is 188 Å². The van der Waals surface area contributed by atoms with E-state index in [0.29, 0.717) is 30.7 Å². The number of hydrogen-bond donors (Lipinski definition) is 0. The van der Waals surface area contributed by atoms with Gasteiger partial charge in [0.1, 0.15) is 11.5 Å². The quantitative estimate of drug-likeness (QED) is 0.460. The summed E-state index contributed by atoms with van der Waals surface area (Å²) in [5.74, 6) is -1.35. The second-order valence-electron chi connectivity index (χ2n) is 8.46. The summed E-state index contributed by atoms with van der Waals surface area (Å²) in [4.78, 5) is 21.7. The number of fused-ring (bicyclic) bond motifs is 1. The molecule has 0 spiro atoms. The highest BCUT2D eigenvalue weighted by atomic mass is 19.1. The van der Waals surface area contributed by atoms with Crippen molar-refractivity contribution in [2.75, 3.05) is 11.6 Å². The lowest BCUT2D eigenvalue weighted by Crippen LogP contribution is -2.51. The average molecular weight is 458 g/mol. The molecule has 0 bridgehead atoms. The van der Waals surface area contributed by atoms with E-state index in [0.717, 1.165) is 6.07 Å². The van der Waals surface area contributed by atoms with Gasteiger partial charge < -0.3 is 9.47 Å². The molecular weight excluding hydrogens is 435 g/mol. The fourth-order valence-corrected chi connectivity index (χ4v) is 4.62. The SMILES string of the molecule is CCO[C@]1(C)C[C@H]2N(c3ccc([N+](=O)[O-])cc3[N+](=O)[O-])N=C(c3ccc(F)cc3)C[C@@]2(C)O1. The van der Waals surface area contributed by atoms with Crippen LogP contribution in [0.5, 0.6) is 0 Å².